The van der Waals surface area contributed by atoms with Crippen LogP contribution in [0.1, 0.15) is 59.3 Å². The first kappa shape index (κ1) is 18.5. The largest absolute Gasteiger partial charge is 0.444 e. The molecule has 0 radical (unpaired) electrons. The van der Waals surface area contributed by atoms with Gasteiger partial charge in [0.15, 0.2) is 0 Å². The topological polar surface area (TPSA) is 59.6 Å². The zero-order valence-electron chi connectivity index (χ0n) is 15.0. The summed E-state index contributed by atoms with van der Waals surface area (Å²) in [5.41, 5.74) is -0.433. The van der Waals surface area contributed by atoms with Gasteiger partial charge in [-0.15, -0.1) is 0 Å². The summed E-state index contributed by atoms with van der Waals surface area (Å²) in [6.45, 7) is 9.17. The number of hydrogen-bond acceptors (Lipinski definition) is 4. The summed E-state index contributed by atoms with van der Waals surface area (Å²) in [6, 6.07) is 0.508. The molecule has 2 atom stereocenters. The Morgan fingerprint density at radius 2 is 1.96 bits per heavy atom. The molecular weight excluding hydrogens is 292 g/mol. The fourth-order valence-electron chi connectivity index (χ4n) is 3.07. The summed E-state index contributed by atoms with van der Waals surface area (Å²) >= 11 is 0. The van der Waals surface area contributed by atoms with Gasteiger partial charge in [0.2, 0.25) is 0 Å². The van der Waals surface area contributed by atoms with Crippen LogP contribution in [0.3, 0.4) is 0 Å². The van der Waals surface area contributed by atoms with Crippen LogP contribution in [0.15, 0.2) is 0 Å². The Hall–Kier alpha value is -0.810. The third-order valence-corrected chi connectivity index (χ3v) is 4.49. The maximum absolute atomic E-state index is 11.7. The molecule has 2 aliphatic rings. The van der Waals surface area contributed by atoms with Gasteiger partial charge in [0.1, 0.15) is 5.60 Å². The highest BCUT2D eigenvalue weighted by Crippen LogP contribution is 2.28. The number of ether oxygens (including phenoxy) is 2. The molecule has 2 rings (SSSR count). The van der Waals surface area contributed by atoms with Gasteiger partial charge in [-0.25, -0.2) is 4.79 Å². The van der Waals surface area contributed by atoms with E-state index in [0.29, 0.717) is 18.5 Å². The lowest BCUT2D eigenvalue weighted by Crippen LogP contribution is -2.41. The summed E-state index contributed by atoms with van der Waals surface area (Å²) in [5.74, 6) is 1.36. The number of carbonyl (C=O) groups is 1. The van der Waals surface area contributed by atoms with Gasteiger partial charge in [-0.05, 0) is 71.3 Å². The number of carbonyl (C=O) groups excluding carboxylic acids is 1. The van der Waals surface area contributed by atoms with Crippen molar-refractivity contribution < 1.29 is 14.3 Å². The van der Waals surface area contributed by atoms with E-state index in [1.807, 2.05) is 20.8 Å². The second-order valence-electron chi connectivity index (χ2n) is 8.01. The lowest BCUT2D eigenvalue weighted by atomic mass is 10.0. The van der Waals surface area contributed by atoms with E-state index in [1.54, 1.807) is 0 Å². The Balaban J connectivity index is 1.54. The minimum atomic E-state index is -0.433. The van der Waals surface area contributed by atoms with Gasteiger partial charge in [0.05, 0.1) is 0 Å². The Morgan fingerprint density at radius 3 is 2.65 bits per heavy atom. The number of alkyl carbamates (subject to hydrolysis) is 1. The normalized spacial score (nSPS) is 24.7. The predicted octanol–water partition coefficient (Wildman–Crippen LogP) is 3.09. The van der Waals surface area contributed by atoms with Gasteiger partial charge in [0, 0.05) is 25.8 Å². The number of rotatable bonds is 9. The van der Waals surface area contributed by atoms with Crippen molar-refractivity contribution in [2.24, 2.45) is 11.8 Å². The van der Waals surface area contributed by atoms with Crippen LogP contribution in [0.25, 0.3) is 0 Å². The molecule has 0 aliphatic heterocycles. The third kappa shape index (κ3) is 8.02. The molecule has 0 bridgehead atoms. The fourth-order valence-corrected chi connectivity index (χ4v) is 3.07. The third-order valence-electron chi connectivity index (χ3n) is 4.49. The van der Waals surface area contributed by atoms with Crippen LogP contribution in [-0.2, 0) is 9.47 Å². The molecule has 0 spiro atoms. The van der Waals surface area contributed by atoms with E-state index in [-0.39, 0.29) is 6.09 Å². The average Bonchev–Trinajstić information content (AvgIpc) is 3.17. The van der Waals surface area contributed by atoms with Gasteiger partial charge in [-0.1, -0.05) is 6.42 Å². The fraction of sp³-hybridized carbons (Fsp3) is 0.944. The van der Waals surface area contributed by atoms with Gasteiger partial charge < -0.3 is 20.1 Å². The quantitative estimate of drug-likeness (QED) is 0.639. The van der Waals surface area contributed by atoms with Crippen LogP contribution >= 0.6 is 0 Å². The van der Waals surface area contributed by atoms with Crippen molar-refractivity contribution in [3.8, 4) is 0 Å². The highest BCUT2D eigenvalue weighted by Gasteiger charge is 2.27. The second kappa shape index (κ2) is 8.88. The van der Waals surface area contributed by atoms with Crippen LogP contribution in [0.4, 0.5) is 4.79 Å². The van der Waals surface area contributed by atoms with Crippen LogP contribution in [-0.4, -0.2) is 44.0 Å². The van der Waals surface area contributed by atoms with Crippen molar-refractivity contribution in [1.82, 2.24) is 10.6 Å². The lowest BCUT2D eigenvalue weighted by molar-refractivity contribution is 0.0517. The van der Waals surface area contributed by atoms with Gasteiger partial charge in [-0.2, -0.15) is 0 Å². The van der Waals surface area contributed by atoms with E-state index >= 15 is 0 Å². The Kier molecular flexibility index (Phi) is 7.15. The highest BCUT2D eigenvalue weighted by atomic mass is 16.6. The van der Waals surface area contributed by atoms with Gasteiger partial charge >= 0.3 is 6.09 Å². The smallest absolute Gasteiger partial charge is 0.407 e. The molecule has 0 heterocycles. The molecule has 2 fully saturated rings. The molecule has 0 aromatic heterocycles. The molecule has 0 saturated heterocycles. The molecule has 23 heavy (non-hydrogen) atoms. The molecule has 0 aromatic rings. The first-order valence-electron chi connectivity index (χ1n) is 9.22. The summed E-state index contributed by atoms with van der Waals surface area (Å²) in [7, 11) is 0. The minimum Gasteiger partial charge on any atom is -0.444 e. The Morgan fingerprint density at radius 1 is 1.17 bits per heavy atom. The Bertz CT molecular complexity index is 364. The summed E-state index contributed by atoms with van der Waals surface area (Å²) < 4.78 is 11.0. The molecular formula is C18H34N2O3. The molecule has 2 aliphatic carbocycles. The second-order valence-corrected chi connectivity index (χ2v) is 8.01. The van der Waals surface area contributed by atoms with Gasteiger partial charge in [0.25, 0.3) is 0 Å². The van der Waals surface area contributed by atoms with Crippen molar-refractivity contribution >= 4 is 6.09 Å². The first-order chi connectivity index (χ1) is 10.9. The average molecular weight is 326 g/mol. The summed E-state index contributed by atoms with van der Waals surface area (Å²) in [5, 5.41) is 6.55. The predicted molar refractivity (Wildman–Crippen MR) is 91.5 cm³/mol. The number of hydrogen-bond donors (Lipinski definition) is 2. The first-order valence-corrected chi connectivity index (χ1v) is 9.22. The Labute approximate surface area is 140 Å². The zero-order valence-corrected chi connectivity index (χ0v) is 15.0. The van der Waals surface area contributed by atoms with E-state index in [9.17, 15) is 4.79 Å². The van der Waals surface area contributed by atoms with Gasteiger partial charge in [-0.3, -0.25) is 0 Å². The van der Waals surface area contributed by atoms with Crippen LogP contribution in [0, 0.1) is 11.8 Å². The molecule has 2 unspecified atom stereocenters. The summed E-state index contributed by atoms with van der Waals surface area (Å²) in [4.78, 5) is 11.7. The van der Waals surface area contributed by atoms with Crippen molar-refractivity contribution in [3.05, 3.63) is 0 Å². The summed E-state index contributed by atoms with van der Waals surface area (Å²) in [6.07, 6.45) is 7.07. The zero-order chi connectivity index (χ0) is 16.7. The molecule has 0 aromatic carbocycles. The van der Waals surface area contributed by atoms with Crippen molar-refractivity contribution in [1.29, 1.82) is 0 Å². The van der Waals surface area contributed by atoms with E-state index in [1.165, 1.54) is 32.1 Å². The minimum absolute atomic E-state index is 0.309. The number of nitrogens with one attached hydrogen (secondary N) is 2. The maximum atomic E-state index is 11.7. The van der Waals surface area contributed by atoms with Crippen LogP contribution in [0.2, 0.25) is 0 Å². The standard InChI is InChI=1S/C18H34N2O3/c1-18(2,3)23-17(21)20-12-15-6-4-7-16(15)19-10-5-11-22-13-14-8-9-14/h14-16,19H,4-13H2,1-3H3,(H,20,21). The molecule has 134 valence electrons. The molecule has 5 heteroatoms. The monoisotopic (exact) mass is 326 g/mol. The number of amides is 1. The van der Waals surface area contributed by atoms with Crippen molar-refractivity contribution in [2.75, 3.05) is 26.3 Å². The van der Waals surface area contributed by atoms with Crippen LogP contribution in [0.5, 0.6) is 0 Å². The van der Waals surface area contributed by atoms with Crippen molar-refractivity contribution in [2.45, 2.75) is 70.9 Å². The van der Waals surface area contributed by atoms with E-state index < -0.39 is 5.60 Å². The molecule has 5 nitrogen and oxygen atoms in total. The molecule has 2 N–H and O–H groups in total. The van der Waals surface area contributed by atoms with E-state index in [4.69, 9.17) is 9.47 Å². The van der Waals surface area contributed by atoms with E-state index in [2.05, 4.69) is 10.6 Å². The molecule has 1 amide bonds. The lowest BCUT2D eigenvalue weighted by Gasteiger charge is -2.23. The van der Waals surface area contributed by atoms with Crippen LogP contribution < -0.4 is 10.6 Å². The van der Waals surface area contributed by atoms with Crippen molar-refractivity contribution in [3.63, 3.8) is 0 Å². The molecule has 2 saturated carbocycles. The van der Waals surface area contributed by atoms with E-state index in [0.717, 1.165) is 32.1 Å². The SMILES string of the molecule is CC(C)(C)OC(=O)NCC1CCCC1NCCCOCC1CC1. The maximum Gasteiger partial charge on any atom is 0.407 e. The highest BCUT2D eigenvalue weighted by molar-refractivity contribution is 5.67.